The number of aromatic nitrogens is 2. The van der Waals surface area contributed by atoms with Crippen molar-refractivity contribution in [2.75, 3.05) is 32.9 Å². The van der Waals surface area contributed by atoms with Crippen LogP contribution in [-0.2, 0) is 11.3 Å². The Morgan fingerprint density at radius 3 is 3.26 bits per heavy atom. The van der Waals surface area contributed by atoms with Gasteiger partial charge in [0.25, 0.3) is 0 Å². The van der Waals surface area contributed by atoms with E-state index in [1.54, 1.807) is 17.5 Å². The highest BCUT2D eigenvalue weighted by atomic mass is 32.1. The van der Waals surface area contributed by atoms with Crippen LogP contribution in [0.2, 0.25) is 0 Å². The molecule has 0 saturated carbocycles. The lowest BCUT2D eigenvalue weighted by Gasteiger charge is -2.26. The van der Waals surface area contributed by atoms with Crippen LogP contribution in [0.25, 0.3) is 0 Å². The van der Waals surface area contributed by atoms with Crippen LogP contribution in [0, 0.1) is 18.3 Å². The minimum atomic E-state index is 0.0725. The zero-order valence-corrected chi connectivity index (χ0v) is 14.1. The van der Waals surface area contributed by atoms with E-state index in [1.165, 1.54) is 5.56 Å². The smallest absolute Gasteiger partial charge is 0.316 e. The molecular formula is C17H21N3O2S. The average molecular weight is 331 g/mol. The molecule has 2 aromatic rings. The summed E-state index contributed by atoms with van der Waals surface area (Å²) in [6.07, 6.45) is 1.75. The molecule has 122 valence electrons. The van der Waals surface area contributed by atoms with E-state index in [4.69, 9.17) is 9.47 Å². The standard InChI is InChI=1S/C17H21N3O2S/c1-13-2-4-18-16(19-13)22-12-17-10-20(6-14-3-5-23-9-14)7-15(17)8-21-11-17/h2-5,9,15H,6-8,10-12H2,1H3/t15-,17+/m0/s1. The van der Waals surface area contributed by atoms with Gasteiger partial charge in [0, 0.05) is 42.9 Å². The van der Waals surface area contributed by atoms with Crippen molar-refractivity contribution in [3.8, 4) is 6.01 Å². The first kappa shape index (κ1) is 15.1. The second-order valence-corrected chi connectivity index (χ2v) is 7.42. The summed E-state index contributed by atoms with van der Waals surface area (Å²) in [5.41, 5.74) is 2.40. The summed E-state index contributed by atoms with van der Waals surface area (Å²) < 4.78 is 11.7. The molecule has 0 N–H and O–H groups in total. The number of ether oxygens (including phenoxy) is 2. The SMILES string of the molecule is Cc1ccnc(OC[C@@]23COC[C@@H]2CN(Cc2ccsc2)C3)n1. The van der Waals surface area contributed by atoms with Gasteiger partial charge in [0.2, 0.25) is 0 Å². The van der Waals surface area contributed by atoms with Crippen molar-refractivity contribution in [2.24, 2.45) is 11.3 Å². The molecule has 2 saturated heterocycles. The minimum Gasteiger partial charge on any atom is -0.463 e. The maximum absolute atomic E-state index is 5.93. The molecule has 2 aromatic heterocycles. The van der Waals surface area contributed by atoms with Crippen LogP contribution >= 0.6 is 11.3 Å². The topological polar surface area (TPSA) is 47.5 Å². The lowest BCUT2D eigenvalue weighted by atomic mass is 9.82. The number of fused-ring (bicyclic) bond motifs is 1. The third-order valence-electron chi connectivity index (χ3n) is 4.84. The van der Waals surface area contributed by atoms with Crippen molar-refractivity contribution in [3.63, 3.8) is 0 Å². The summed E-state index contributed by atoms with van der Waals surface area (Å²) in [5, 5.41) is 4.37. The summed E-state index contributed by atoms with van der Waals surface area (Å²) >= 11 is 1.76. The average Bonchev–Trinajstić information content (AvgIpc) is 3.22. The third-order valence-corrected chi connectivity index (χ3v) is 5.57. The molecule has 0 radical (unpaired) electrons. The molecule has 0 bridgehead atoms. The zero-order valence-electron chi connectivity index (χ0n) is 13.3. The first-order valence-electron chi connectivity index (χ1n) is 7.97. The van der Waals surface area contributed by atoms with Gasteiger partial charge in [0.1, 0.15) is 6.61 Å². The summed E-state index contributed by atoms with van der Waals surface area (Å²) in [7, 11) is 0. The van der Waals surface area contributed by atoms with E-state index in [-0.39, 0.29) is 5.41 Å². The number of thiophene rings is 1. The molecule has 2 atom stereocenters. The Bertz CT molecular complexity index is 664. The lowest BCUT2D eigenvalue weighted by molar-refractivity contribution is 0.0859. The fourth-order valence-electron chi connectivity index (χ4n) is 3.61. The van der Waals surface area contributed by atoms with Gasteiger partial charge in [0.15, 0.2) is 0 Å². The molecule has 6 heteroatoms. The van der Waals surface area contributed by atoms with Crippen LogP contribution in [0.4, 0.5) is 0 Å². The van der Waals surface area contributed by atoms with Crippen molar-refractivity contribution in [1.82, 2.24) is 14.9 Å². The van der Waals surface area contributed by atoms with Crippen molar-refractivity contribution in [1.29, 1.82) is 0 Å². The molecule has 23 heavy (non-hydrogen) atoms. The van der Waals surface area contributed by atoms with Crippen LogP contribution < -0.4 is 4.74 Å². The van der Waals surface area contributed by atoms with Crippen LogP contribution in [0.15, 0.2) is 29.1 Å². The quantitative estimate of drug-likeness (QED) is 0.842. The molecule has 0 unspecified atom stereocenters. The minimum absolute atomic E-state index is 0.0725. The van der Waals surface area contributed by atoms with E-state index in [2.05, 4.69) is 31.7 Å². The number of nitrogens with zero attached hydrogens (tertiary/aromatic N) is 3. The highest BCUT2D eigenvalue weighted by Gasteiger charge is 2.51. The predicted molar refractivity (Wildman–Crippen MR) is 88.6 cm³/mol. The Morgan fingerprint density at radius 2 is 2.43 bits per heavy atom. The summed E-state index contributed by atoms with van der Waals surface area (Å²) in [6, 6.07) is 4.56. The molecular weight excluding hydrogens is 310 g/mol. The molecule has 4 heterocycles. The molecule has 0 aliphatic carbocycles. The van der Waals surface area contributed by atoms with Crippen molar-refractivity contribution in [2.45, 2.75) is 13.5 Å². The molecule has 2 aliphatic heterocycles. The van der Waals surface area contributed by atoms with Gasteiger partial charge in [-0.05, 0) is 35.4 Å². The van der Waals surface area contributed by atoms with Gasteiger partial charge < -0.3 is 9.47 Å². The van der Waals surface area contributed by atoms with Crippen molar-refractivity contribution in [3.05, 3.63) is 40.3 Å². The molecule has 2 aliphatic rings. The second kappa shape index (κ2) is 6.19. The number of rotatable bonds is 5. The molecule has 5 nitrogen and oxygen atoms in total. The van der Waals surface area contributed by atoms with Gasteiger partial charge in [-0.25, -0.2) is 9.97 Å². The highest BCUT2D eigenvalue weighted by Crippen LogP contribution is 2.42. The summed E-state index contributed by atoms with van der Waals surface area (Å²) in [4.78, 5) is 11.1. The molecule has 0 amide bonds. The maximum Gasteiger partial charge on any atom is 0.316 e. The molecule has 4 rings (SSSR count). The maximum atomic E-state index is 5.93. The van der Waals surface area contributed by atoms with Crippen LogP contribution in [0.3, 0.4) is 0 Å². The Labute approximate surface area is 140 Å². The highest BCUT2D eigenvalue weighted by molar-refractivity contribution is 7.07. The summed E-state index contributed by atoms with van der Waals surface area (Å²) in [5.74, 6) is 0.533. The predicted octanol–water partition coefficient (Wildman–Crippen LogP) is 2.37. The van der Waals surface area contributed by atoms with Crippen LogP contribution in [-0.4, -0.2) is 47.8 Å². The first-order chi connectivity index (χ1) is 11.2. The van der Waals surface area contributed by atoms with Gasteiger partial charge in [-0.15, -0.1) is 0 Å². The second-order valence-electron chi connectivity index (χ2n) is 6.64. The summed E-state index contributed by atoms with van der Waals surface area (Å²) in [6.45, 7) is 7.28. The van der Waals surface area contributed by atoms with Gasteiger partial charge >= 0.3 is 6.01 Å². The monoisotopic (exact) mass is 331 g/mol. The van der Waals surface area contributed by atoms with Crippen LogP contribution in [0.1, 0.15) is 11.3 Å². The van der Waals surface area contributed by atoms with Gasteiger partial charge in [-0.2, -0.15) is 11.3 Å². The number of hydrogen-bond acceptors (Lipinski definition) is 6. The van der Waals surface area contributed by atoms with Gasteiger partial charge in [-0.3, -0.25) is 4.90 Å². The first-order valence-corrected chi connectivity index (χ1v) is 8.91. The van der Waals surface area contributed by atoms with E-state index >= 15 is 0 Å². The Kier molecular flexibility index (Phi) is 4.05. The number of hydrogen-bond donors (Lipinski definition) is 0. The van der Waals surface area contributed by atoms with E-state index in [0.29, 0.717) is 18.5 Å². The fraction of sp³-hybridized carbons (Fsp3) is 0.529. The van der Waals surface area contributed by atoms with E-state index in [9.17, 15) is 0 Å². The fourth-order valence-corrected chi connectivity index (χ4v) is 4.27. The van der Waals surface area contributed by atoms with Crippen molar-refractivity contribution >= 4 is 11.3 Å². The Hall–Kier alpha value is -1.50. The molecule has 2 fully saturated rings. The van der Waals surface area contributed by atoms with E-state index < -0.39 is 0 Å². The largest absolute Gasteiger partial charge is 0.463 e. The molecule has 0 aromatic carbocycles. The number of likely N-dealkylation sites (tertiary alicyclic amines) is 1. The van der Waals surface area contributed by atoms with Crippen LogP contribution in [0.5, 0.6) is 6.01 Å². The van der Waals surface area contributed by atoms with E-state index in [0.717, 1.165) is 38.5 Å². The van der Waals surface area contributed by atoms with Gasteiger partial charge in [-0.1, -0.05) is 0 Å². The Morgan fingerprint density at radius 1 is 1.48 bits per heavy atom. The lowest BCUT2D eigenvalue weighted by Crippen LogP contribution is -2.37. The van der Waals surface area contributed by atoms with Crippen molar-refractivity contribution < 1.29 is 9.47 Å². The Balaban J connectivity index is 1.43. The third kappa shape index (κ3) is 3.11. The van der Waals surface area contributed by atoms with E-state index in [1.807, 2.05) is 13.0 Å². The molecule has 0 spiro atoms. The van der Waals surface area contributed by atoms with Gasteiger partial charge in [0.05, 0.1) is 13.2 Å². The normalized spacial score (nSPS) is 27.3. The number of aryl methyl sites for hydroxylation is 1. The zero-order chi connectivity index (χ0) is 15.7.